The molecule has 5 N–H and O–H groups in total. The molecule has 0 radical (unpaired) electrons. The van der Waals surface area contributed by atoms with Gasteiger partial charge in [-0.05, 0) is 48.5 Å². The summed E-state index contributed by atoms with van der Waals surface area (Å²) in [6.07, 6.45) is 6.77. The molecule has 188 valence electrons. The number of rotatable bonds is 7. The van der Waals surface area contributed by atoms with Crippen molar-refractivity contribution in [2.45, 2.75) is 25.4 Å². The first-order valence-corrected chi connectivity index (χ1v) is 13.0. The third-order valence-corrected chi connectivity index (χ3v) is 7.05. The van der Waals surface area contributed by atoms with Crippen LogP contribution in [0.4, 0.5) is 5.82 Å². The molecule has 1 atom stereocenters. The molecule has 1 fully saturated rings. The third-order valence-electron chi connectivity index (χ3n) is 6.13. The summed E-state index contributed by atoms with van der Waals surface area (Å²) < 4.78 is 0. The SMILES string of the molecule is Nc1ncc(-c2cccc(CNC(=O)c3cncc(-c4cccs4)c3)c2)nc1C(=O)NC1CCCNC1. The average Bonchev–Trinajstić information content (AvgIpc) is 3.48. The summed E-state index contributed by atoms with van der Waals surface area (Å²) in [7, 11) is 0. The average molecular weight is 514 g/mol. The summed E-state index contributed by atoms with van der Waals surface area (Å²) in [5.41, 5.74) is 9.68. The molecule has 5 rings (SSSR count). The molecule has 1 unspecified atom stereocenters. The van der Waals surface area contributed by atoms with Crippen LogP contribution in [-0.2, 0) is 6.54 Å². The minimum absolute atomic E-state index is 0.0410. The number of nitrogens with one attached hydrogen (secondary N) is 3. The molecule has 0 bridgehead atoms. The van der Waals surface area contributed by atoms with Crippen molar-refractivity contribution >= 4 is 29.0 Å². The predicted molar refractivity (Wildman–Crippen MR) is 144 cm³/mol. The fraction of sp³-hybridized carbons (Fsp3) is 0.222. The van der Waals surface area contributed by atoms with E-state index in [0.29, 0.717) is 17.8 Å². The standard InChI is InChI=1S/C27H27N7O2S/c28-25-24(27(36)33-21-6-2-8-29-15-21)34-22(16-31-25)18-5-1-4-17(10-18)12-32-26(35)20-11-19(13-30-14-20)23-7-3-9-37-23/h1,3-5,7,9-11,13-14,16,21,29H,2,6,8,12,15H2,(H2,28,31)(H,32,35)(H,33,36). The molecular formula is C27H27N7O2S. The summed E-state index contributed by atoms with van der Waals surface area (Å²) in [4.78, 5) is 39.6. The zero-order chi connectivity index (χ0) is 25.6. The quantitative estimate of drug-likeness (QED) is 0.298. The van der Waals surface area contributed by atoms with E-state index in [1.54, 1.807) is 29.9 Å². The van der Waals surface area contributed by atoms with Gasteiger partial charge >= 0.3 is 0 Å². The van der Waals surface area contributed by atoms with Crippen LogP contribution in [0.25, 0.3) is 21.7 Å². The number of anilines is 1. The molecule has 4 heterocycles. The molecule has 0 aliphatic carbocycles. The number of nitrogen functional groups attached to an aromatic ring is 1. The molecule has 1 saturated heterocycles. The first-order valence-electron chi connectivity index (χ1n) is 12.1. The lowest BCUT2D eigenvalue weighted by Gasteiger charge is -2.23. The summed E-state index contributed by atoms with van der Waals surface area (Å²) in [5, 5.41) is 11.2. The number of carbonyl (C=O) groups excluding carboxylic acids is 2. The van der Waals surface area contributed by atoms with Crippen molar-refractivity contribution in [3.8, 4) is 21.7 Å². The van der Waals surface area contributed by atoms with Gasteiger partial charge in [0.2, 0.25) is 0 Å². The Balaban J connectivity index is 1.27. The van der Waals surface area contributed by atoms with E-state index >= 15 is 0 Å². The highest BCUT2D eigenvalue weighted by atomic mass is 32.1. The number of benzene rings is 1. The van der Waals surface area contributed by atoms with Gasteiger partial charge in [0.05, 0.1) is 17.5 Å². The van der Waals surface area contributed by atoms with Crippen LogP contribution in [0, 0.1) is 0 Å². The Morgan fingerprint density at radius 3 is 2.81 bits per heavy atom. The summed E-state index contributed by atoms with van der Waals surface area (Å²) in [6.45, 7) is 2.00. The third kappa shape index (κ3) is 5.99. The Kier molecular flexibility index (Phi) is 7.48. The first-order chi connectivity index (χ1) is 18.1. The number of hydrogen-bond donors (Lipinski definition) is 4. The van der Waals surface area contributed by atoms with E-state index in [1.807, 2.05) is 47.8 Å². The van der Waals surface area contributed by atoms with Crippen LogP contribution >= 0.6 is 11.3 Å². The lowest BCUT2D eigenvalue weighted by molar-refractivity contribution is 0.0924. The molecule has 0 saturated carbocycles. The lowest BCUT2D eigenvalue weighted by atomic mass is 10.1. The Morgan fingerprint density at radius 1 is 1.08 bits per heavy atom. The van der Waals surface area contributed by atoms with Gasteiger partial charge in [0.15, 0.2) is 11.5 Å². The molecule has 2 amide bonds. The van der Waals surface area contributed by atoms with Gasteiger partial charge in [-0.1, -0.05) is 24.3 Å². The molecule has 3 aromatic heterocycles. The van der Waals surface area contributed by atoms with Crippen LogP contribution in [0.3, 0.4) is 0 Å². The molecule has 4 aromatic rings. The van der Waals surface area contributed by atoms with Gasteiger partial charge in [0, 0.05) is 47.5 Å². The summed E-state index contributed by atoms with van der Waals surface area (Å²) >= 11 is 1.60. The van der Waals surface area contributed by atoms with E-state index in [-0.39, 0.29) is 29.4 Å². The van der Waals surface area contributed by atoms with Crippen molar-refractivity contribution in [3.63, 3.8) is 0 Å². The number of piperidine rings is 1. The lowest BCUT2D eigenvalue weighted by Crippen LogP contribution is -2.46. The molecule has 10 heteroatoms. The summed E-state index contributed by atoms with van der Waals surface area (Å²) in [5.74, 6) is -0.450. The van der Waals surface area contributed by atoms with E-state index in [1.165, 1.54) is 0 Å². The van der Waals surface area contributed by atoms with Crippen molar-refractivity contribution < 1.29 is 9.59 Å². The number of thiophene rings is 1. The van der Waals surface area contributed by atoms with Gasteiger partial charge in [0.1, 0.15) is 0 Å². The minimum Gasteiger partial charge on any atom is -0.382 e. The number of amides is 2. The van der Waals surface area contributed by atoms with Crippen molar-refractivity contribution in [1.82, 2.24) is 30.9 Å². The van der Waals surface area contributed by atoms with Crippen LogP contribution in [0.5, 0.6) is 0 Å². The van der Waals surface area contributed by atoms with Crippen molar-refractivity contribution in [2.24, 2.45) is 0 Å². The molecule has 37 heavy (non-hydrogen) atoms. The first kappa shape index (κ1) is 24.5. The smallest absolute Gasteiger partial charge is 0.274 e. The van der Waals surface area contributed by atoms with Gasteiger partial charge in [0.25, 0.3) is 11.8 Å². The van der Waals surface area contributed by atoms with E-state index in [0.717, 1.165) is 47.5 Å². The number of nitrogens with two attached hydrogens (primary N) is 1. The van der Waals surface area contributed by atoms with Gasteiger partial charge < -0.3 is 21.7 Å². The number of nitrogens with zero attached hydrogens (tertiary/aromatic N) is 3. The minimum atomic E-state index is -0.331. The molecule has 9 nitrogen and oxygen atoms in total. The largest absolute Gasteiger partial charge is 0.382 e. The molecule has 1 aliphatic rings. The van der Waals surface area contributed by atoms with E-state index in [9.17, 15) is 9.59 Å². The van der Waals surface area contributed by atoms with Crippen LogP contribution in [-0.4, -0.2) is 45.9 Å². The zero-order valence-corrected chi connectivity index (χ0v) is 20.9. The van der Waals surface area contributed by atoms with E-state index in [4.69, 9.17) is 5.73 Å². The van der Waals surface area contributed by atoms with Crippen LogP contribution < -0.4 is 21.7 Å². The fourth-order valence-electron chi connectivity index (χ4n) is 4.20. The van der Waals surface area contributed by atoms with Crippen molar-refractivity contribution in [2.75, 3.05) is 18.8 Å². The van der Waals surface area contributed by atoms with Crippen LogP contribution in [0.1, 0.15) is 39.3 Å². The Labute approximate surface area is 218 Å². The number of hydrogen-bond acceptors (Lipinski definition) is 8. The highest BCUT2D eigenvalue weighted by molar-refractivity contribution is 7.13. The van der Waals surface area contributed by atoms with Gasteiger partial charge in [-0.25, -0.2) is 9.97 Å². The normalized spacial score (nSPS) is 15.2. The van der Waals surface area contributed by atoms with Crippen molar-refractivity contribution in [3.05, 3.63) is 83.3 Å². The second-order valence-electron chi connectivity index (χ2n) is 8.83. The number of pyridine rings is 1. The van der Waals surface area contributed by atoms with E-state index in [2.05, 4.69) is 30.9 Å². The second kappa shape index (κ2) is 11.3. The molecule has 1 aromatic carbocycles. The van der Waals surface area contributed by atoms with Gasteiger partial charge in [-0.15, -0.1) is 11.3 Å². The van der Waals surface area contributed by atoms with Gasteiger partial charge in [-0.2, -0.15) is 0 Å². The summed E-state index contributed by atoms with van der Waals surface area (Å²) in [6, 6.07) is 13.4. The Bertz CT molecular complexity index is 1400. The predicted octanol–water partition coefficient (Wildman–Crippen LogP) is 3.26. The molecule has 1 aliphatic heterocycles. The maximum absolute atomic E-state index is 12.8. The van der Waals surface area contributed by atoms with Crippen molar-refractivity contribution in [1.29, 1.82) is 0 Å². The molecular weight excluding hydrogens is 486 g/mol. The second-order valence-corrected chi connectivity index (χ2v) is 9.78. The zero-order valence-electron chi connectivity index (χ0n) is 20.1. The van der Waals surface area contributed by atoms with Crippen LogP contribution in [0.15, 0.2) is 66.4 Å². The topological polar surface area (TPSA) is 135 Å². The number of aromatic nitrogens is 3. The Hall–Kier alpha value is -4.15. The van der Waals surface area contributed by atoms with E-state index < -0.39 is 0 Å². The molecule has 0 spiro atoms. The highest BCUT2D eigenvalue weighted by Gasteiger charge is 2.20. The van der Waals surface area contributed by atoms with Crippen LogP contribution in [0.2, 0.25) is 0 Å². The number of carbonyl (C=O) groups is 2. The highest BCUT2D eigenvalue weighted by Crippen LogP contribution is 2.24. The van der Waals surface area contributed by atoms with Gasteiger partial charge in [-0.3, -0.25) is 14.6 Å². The monoisotopic (exact) mass is 513 g/mol. The maximum Gasteiger partial charge on any atom is 0.274 e. The maximum atomic E-state index is 12.8. The fourth-order valence-corrected chi connectivity index (χ4v) is 4.91. The Morgan fingerprint density at radius 2 is 2.00 bits per heavy atom.